The Morgan fingerprint density at radius 1 is 1.23 bits per heavy atom. The molecule has 1 atom stereocenters. The van der Waals surface area contributed by atoms with Gasteiger partial charge in [0.25, 0.3) is 5.91 Å². The summed E-state index contributed by atoms with van der Waals surface area (Å²) in [6.45, 7) is 1.72. The van der Waals surface area contributed by atoms with Gasteiger partial charge in [0.2, 0.25) is 0 Å². The lowest BCUT2D eigenvalue weighted by atomic mass is 10.2. The second-order valence-corrected chi connectivity index (χ2v) is 5.68. The van der Waals surface area contributed by atoms with Crippen LogP contribution in [0.4, 0.5) is 4.79 Å². The van der Waals surface area contributed by atoms with Crippen LogP contribution in [0.3, 0.4) is 0 Å². The van der Waals surface area contributed by atoms with E-state index < -0.39 is 35.3 Å². The monoisotopic (exact) mass is 326 g/mol. The molecule has 0 heterocycles. The van der Waals surface area contributed by atoms with Gasteiger partial charge in [0.05, 0.1) is 21.3 Å². The van der Waals surface area contributed by atoms with Crippen LogP contribution in [0, 0.1) is 0 Å². The Morgan fingerprint density at radius 2 is 1.91 bits per heavy atom. The van der Waals surface area contributed by atoms with Gasteiger partial charge < -0.3 is 10.1 Å². The smallest absolute Gasteiger partial charge is 0.339 e. The zero-order valence-corrected chi connectivity index (χ0v) is 13.2. The van der Waals surface area contributed by atoms with E-state index >= 15 is 0 Å². The zero-order valence-electron chi connectivity index (χ0n) is 12.4. The number of hydrogen-bond donors (Lipinski definition) is 2. The van der Waals surface area contributed by atoms with E-state index in [1.807, 2.05) is 12.2 Å². The zero-order chi connectivity index (χ0) is 16.5. The van der Waals surface area contributed by atoms with Gasteiger partial charge in [-0.2, -0.15) is 0 Å². The Hall–Kier alpha value is -2.22. The minimum Gasteiger partial charge on any atom is -0.452 e. The third-order valence-electron chi connectivity index (χ3n) is 2.54. The predicted octanol–water partition coefficient (Wildman–Crippen LogP) is 0.817. The molecule has 22 heavy (non-hydrogen) atoms. The SMILES string of the molecule is CCCNC(=O)NC(=O)COC(=O)c1ccccc1[S@](C)=O. The van der Waals surface area contributed by atoms with Crippen molar-refractivity contribution >= 4 is 28.7 Å². The highest BCUT2D eigenvalue weighted by Gasteiger charge is 2.16. The van der Waals surface area contributed by atoms with Gasteiger partial charge in [0.15, 0.2) is 6.61 Å². The number of imide groups is 1. The van der Waals surface area contributed by atoms with Crippen LogP contribution in [0.5, 0.6) is 0 Å². The van der Waals surface area contributed by atoms with Crippen LogP contribution in [0.25, 0.3) is 0 Å². The predicted molar refractivity (Wildman–Crippen MR) is 80.9 cm³/mol. The summed E-state index contributed by atoms with van der Waals surface area (Å²) >= 11 is 0. The van der Waals surface area contributed by atoms with Crippen LogP contribution in [0.1, 0.15) is 23.7 Å². The number of amides is 3. The van der Waals surface area contributed by atoms with E-state index in [9.17, 15) is 18.6 Å². The first-order valence-electron chi connectivity index (χ1n) is 6.63. The number of nitrogens with one attached hydrogen (secondary N) is 2. The van der Waals surface area contributed by atoms with Gasteiger partial charge in [0, 0.05) is 12.8 Å². The van der Waals surface area contributed by atoms with Crippen LogP contribution in [-0.4, -0.2) is 41.5 Å². The third kappa shape index (κ3) is 5.65. The summed E-state index contributed by atoms with van der Waals surface area (Å²) in [6, 6.07) is 5.62. The average Bonchev–Trinajstić information content (AvgIpc) is 2.50. The minimum atomic E-state index is -1.35. The Kier molecular flexibility index (Phi) is 7.24. The molecule has 1 rings (SSSR count). The molecule has 0 radical (unpaired) electrons. The first-order valence-corrected chi connectivity index (χ1v) is 8.18. The summed E-state index contributed by atoms with van der Waals surface area (Å²) in [5.41, 5.74) is 0.131. The molecule has 0 saturated carbocycles. The quantitative estimate of drug-likeness (QED) is 0.754. The molecule has 120 valence electrons. The lowest BCUT2D eigenvalue weighted by molar-refractivity contribution is -0.123. The van der Waals surface area contributed by atoms with Crippen molar-refractivity contribution in [3.8, 4) is 0 Å². The van der Waals surface area contributed by atoms with Gasteiger partial charge in [0.1, 0.15) is 0 Å². The van der Waals surface area contributed by atoms with Crippen LogP contribution in [0.2, 0.25) is 0 Å². The third-order valence-corrected chi connectivity index (χ3v) is 3.51. The maximum Gasteiger partial charge on any atom is 0.339 e. The maximum absolute atomic E-state index is 11.9. The Balaban J connectivity index is 2.55. The molecule has 2 N–H and O–H groups in total. The molecule has 0 aliphatic heterocycles. The summed E-state index contributed by atoms with van der Waals surface area (Å²) in [5.74, 6) is -1.51. The van der Waals surface area contributed by atoms with Crippen molar-refractivity contribution in [1.29, 1.82) is 0 Å². The molecule has 1 aromatic rings. The molecule has 0 aliphatic carbocycles. The summed E-state index contributed by atoms with van der Waals surface area (Å²) in [5, 5.41) is 4.49. The highest BCUT2D eigenvalue weighted by molar-refractivity contribution is 7.84. The van der Waals surface area contributed by atoms with E-state index in [4.69, 9.17) is 4.74 Å². The summed E-state index contributed by atoms with van der Waals surface area (Å²) in [7, 11) is -1.35. The molecule has 0 aliphatic rings. The van der Waals surface area contributed by atoms with Crippen LogP contribution >= 0.6 is 0 Å². The molecule has 0 unspecified atom stereocenters. The van der Waals surface area contributed by atoms with E-state index in [-0.39, 0.29) is 5.56 Å². The average molecular weight is 326 g/mol. The Labute approximate surface area is 130 Å². The van der Waals surface area contributed by atoms with Crippen LogP contribution < -0.4 is 10.6 Å². The molecule has 0 saturated heterocycles. The van der Waals surface area contributed by atoms with E-state index in [1.54, 1.807) is 18.2 Å². The Morgan fingerprint density at radius 3 is 2.55 bits per heavy atom. The first kappa shape index (κ1) is 17.8. The largest absolute Gasteiger partial charge is 0.452 e. The number of carbonyl (C=O) groups is 3. The number of urea groups is 1. The van der Waals surface area contributed by atoms with Gasteiger partial charge in [-0.3, -0.25) is 14.3 Å². The Bertz CT molecular complexity index is 588. The second kappa shape index (κ2) is 8.93. The van der Waals surface area contributed by atoms with Gasteiger partial charge >= 0.3 is 12.0 Å². The van der Waals surface area contributed by atoms with Crippen molar-refractivity contribution in [2.75, 3.05) is 19.4 Å². The van der Waals surface area contributed by atoms with Gasteiger partial charge in [-0.1, -0.05) is 19.1 Å². The normalized spacial score (nSPS) is 11.4. The summed E-state index contributed by atoms with van der Waals surface area (Å²) in [6.07, 6.45) is 2.18. The summed E-state index contributed by atoms with van der Waals surface area (Å²) < 4.78 is 16.3. The highest BCUT2D eigenvalue weighted by Crippen LogP contribution is 2.13. The fourth-order valence-corrected chi connectivity index (χ4v) is 2.27. The molecule has 1 aromatic carbocycles. The fourth-order valence-electron chi connectivity index (χ4n) is 1.54. The maximum atomic E-state index is 11.9. The molecular weight excluding hydrogens is 308 g/mol. The van der Waals surface area contributed by atoms with Gasteiger partial charge in [-0.25, -0.2) is 9.59 Å². The van der Waals surface area contributed by atoms with E-state index in [0.29, 0.717) is 11.4 Å². The second-order valence-electron chi connectivity index (χ2n) is 4.33. The molecule has 0 spiro atoms. The molecule has 3 amide bonds. The standard InChI is InChI=1S/C14H18N2O5S/c1-3-8-15-14(19)16-12(17)9-21-13(18)10-6-4-5-7-11(10)22(2)20/h4-7H,3,8-9H2,1-2H3,(H2,15,16,17,19)/t22-/m0/s1. The van der Waals surface area contributed by atoms with Gasteiger partial charge in [-0.15, -0.1) is 0 Å². The fraction of sp³-hybridized carbons (Fsp3) is 0.357. The molecule has 7 nitrogen and oxygen atoms in total. The van der Waals surface area contributed by atoms with Gasteiger partial charge in [-0.05, 0) is 18.6 Å². The van der Waals surface area contributed by atoms with Crippen molar-refractivity contribution in [3.63, 3.8) is 0 Å². The molecule has 8 heteroatoms. The minimum absolute atomic E-state index is 0.131. The van der Waals surface area contributed by atoms with Crippen LogP contribution in [0.15, 0.2) is 29.2 Å². The van der Waals surface area contributed by atoms with E-state index in [1.165, 1.54) is 12.3 Å². The van der Waals surface area contributed by atoms with Crippen molar-refractivity contribution in [2.24, 2.45) is 0 Å². The lowest BCUT2D eigenvalue weighted by Crippen LogP contribution is -2.41. The molecule has 0 fully saturated rings. The number of benzene rings is 1. The number of esters is 1. The summed E-state index contributed by atoms with van der Waals surface area (Å²) in [4.78, 5) is 34.9. The van der Waals surface area contributed by atoms with Crippen LogP contribution in [-0.2, 0) is 20.3 Å². The number of carbonyl (C=O) groups excluding carboxylic acids is 3. The first-order chi connectivity index (χ1) is 10.5. The lowest BCUT2D eigenvalue weighted by Gasteiger charge is -2.08. The van der Waals surface area contributed by atoms with E-state index in [0.717, 1.165) is 6.42 Å². The van der Waals surface area contributed by atoms with E-state index in [2.05, 4.69) is 5.32 Å². The van der Waals surface area contributed by atoms with Crippen molar-refractivity contribution in [2.45, 2.75) is 18.2 Å². The van der Waals surface area contributed by atoms with Crippen molar-refractivity contribution < 1.29 is 23.3 Å². The highest BCUT2D eigenvalue weighted by atomic mass is 32.2. The molecule has 0 aromatic heterocycles. The van der Waals surface area contributed by atoms with Crippen molar-refractivity contribution in [1.82, 2.24) is 10.6 Å². The topological polar surface area (TPSA) is 102 Å². The molecular formula is C14H18N2O5S. The van der Waals surface area contributed by atoms with Crippen molar-refractivity contribution in [3.05, 3.63) is 29.8 Å². The number of rotatable bonds is 6. The number of hydrogen-bond acceptors (Lipinski definition) is 5. The molecule has 0 bridgehead atoms. The number of ether oxygens (including phenoxy) is 1.